The van der Waals surface area contributed by atoms with Crippen molar-refractivity contribution in [2.24, 2.45) is 0 Å². The van der Waals surface area contributed by atoms with Crippen LogP contribution in [0.25, 0.3) is 21.7 Å². The van der Waals surface area contributed by atoms with Crippen molar-refractivity contribution in [3.63, 3.8) is 0 Å². The molecule has 0 saturated heterocycles. The molecular formula is C28H23NO2. The molecule has 0 N–H and O–H groups in total. The molecule has 0 aliphatic heterocycles. The first-order chi connectivity index (χ1) is 15.3. The Bertz CT molecular complexity index is 1310. The monoisotopic (exact) mass is 405 g/mol. The van der Waals surface area contributed by atoms with Crippen molar-refractivity contribution in [2.75, 3.05) is 6.61 Å². The summed E-state index contributed by atoms with van der Waals surface area (Å²) in [6.07, 6.45) is 2.12. The normalized spacial score (nSPS) is 11.3. The maximum atomic E-state index is 12.8. The zero-order valence-corrected chi connectivity index (χ0v) is 17.4. The van der Waals surface area contributed by atoms with E-state index in [9.17, 15) is 4.79 Å². The molecule has 0 amide bonds. The zero-order valence-electron chi connectivity index (χ0n) is 17.4. The Morgan fingerprint density at radius 1 is 0.774 bits per heavy atom. The molecule has 5 rings (SSSR count). The van der Waals surface area contributed by atoms with Crippen LogP contribution < -0.4 is 0 Å². The topological polar surface area (TPSA) is 31.2 Å². The molecule has 152 valence electrons. The number of rotatable bonds is 5. The number of carbonyl (C=O) groups is 1. The molecule has 0 fully saturated rings. The second kappa shape index (κ2) is 8.11. The lowest BCUT2D eigenvalue weighted by Crippen LogP contribution is -2.12. The minimum absolute atomic E-state index is 0.00360. The molecule has 31 heavy (non-hydrogen) atoms. The first-order valence-electron chi connectivity index (χ1n) is 10.6. The third kappa shape index (κ3) is 3.38. The standard InChI is InChI=1S/C28H23NO2/c1-2-31-28(30)25-19-26-24(22-15-9-10-16-23(22)25)17-18-29(26)27(20-11-5-3-6-12-20)21-13-7-4-8-14-21/h3-19,27H,2H2,1H3. The smallest absolute Gasteiger partial charge is 0.338 e. The van der Waals surface area contributed by atoms with Crippen molar-refractivity contribution in [2.45, 2.75) is 13.0 Å². The van der Waals surface area contributed by atoms with E-state index in [4.69, 9.17) is 4.74 Å². The van der Waals surface area contributed by atoms with Crippen LogP contribution in [0.5, 0.6) is 0 Å². The van der Waals surface area contributed by atoms with Gasteiger partial charge in [0.2, 0.25) is 0 Å². The van der Waals surface area contributed by atoms with Gasteiger partial charge in [0.05, 0.1) is 23.7 Å². The second-order valence-electron chi connectivity index (χ2n) is 7.57. The Morgan fingerprint density at radius 3 is 1.97 bits per heavy atom. The number of fused-ring (bicyclic) bond motifs is 3. The van der Waals surface area contributed by atoms with Crippen LogP contribution in [0.3, 0.4) is 0 Å². The summed E-state index contributed by atoms with van der Waals surface area (Å²) in [7, 11) is 0. The number of aromatic nitrogens is 1. The Hall–Kier alpha value is -3.85. The molecule has 0 saturated carbocycles. The molecule has 1 heterocycles. The van der Waals surface area contributed by atoms with Gasteiger partial charge in [-0.2, -0.15) is 0 Å². The Morgan fingerprint density at radius 2 is 1.35 bits per heavy atom. The summed E-state index contributed by atoms with van der Waals surface area (Å²) >= 11 is 0. The lowest BCUT2D eigenvalue weighted by atomic mass is 9.97. The van der Waals surface area contributed by atoms with E-state index in [0.29, 0.717) is 12.2 Å². The van der Waals surface area contributed by atoms with Crippen molar-refractivity contribution < 1.29 is 9.53 Å². The summed E-state index contributed by atoms with van der Waals surface area (Å²) in [5.74, 6) is -0.288. The third-order valence-corrected chi connectivity index (χ3v) is 5.75. The molecule has 0 spiro atoms. The number of nitrogens with zero attached hydrogens (tertiary/aromatic N) is 1. The van der Waals surface area contributed by atoms with E-state index >= 15 is 0 Å². The molecule has 4 aromatic carbocycles. The van der Waals surface area contributed by atoms with Crippen LogP contribution in [0.2, 0.25) is 0 Å². The maximum absolute atomic E-state index is 12.8. The average Bonchev–Trinajstić information content (AvgIpc) is 3.24. The van der Waals surface area contributed by atoms with E-state index in [1.54, 1.807) is 0 Å². The second-order valence-corrected chi connectivity index (χ2v) is 7.57. The zero-order chi connectivity index (χ0) is 21.2. The van der Waals surface area contributed by atoms with Crippen LogP contribution in [0.4, 0.5) is 0 Å². The van der Waals surface area contributed by atoms with Crippen LogP contribution in [-0.4, -0.2) is 17.1 Å². The third-order valence-electron chi connectivity index (χ3n) is 5.75. The summed E-state index contributed by atoms with van der Waals surface area (Å²) in [4.78, 5) is 12.8. The van der Waals surface area contributed by atoms with Crippen molar-refractivity contribution in [3.8, 4) is 0 Å². The summed E-state index contributed by atoms with van der Waals surface area (Å²) in [5.41, 5.74) is 4.00. The van der Waals surface area contributed by atoms with Crippen LogP contribution >= 0.6 is 0 Å². The SMILES string of the molecule is CCOC(=O)c1cc2c(ccn2C(c2ccccc2)c2ccccc2)c2ccccc12. The largest absolute Gasteiger partial charge is 0.462 e. The Labute approximate surface area is 181 Å². The quantitative estimate of drug-likeness (QED) is 0.308. The van der Waals surface area contributed by atoms with Crippen molar-refractivity contribution in [3.05, 3.63) is 120 Å². The molecule has 0 atom stereocenters. The van der Waals surface area contributed by atoms with Crippen LogP contribution in [0.15, 0.2) is 103 Å². The Balaban J connectivity index is 1.80. The number of hydrogen-bond acceptors (Lipinski definition) is 2. The van der Waals surface area contributed by atoms with Gasteiger partial charge in [0.25, 0.3) is 0 Å². The number of ether oxygens (including phenoxy) is 1. The van der Waals surface area contributed by atoms with Crippen LogP contribution in [-0.2, 0) is 4.74 Å². The molecule has 0 bridgehead atoms. The fourth-order valence-corrected chi connectivity index (χ4v) is 4.39. The van der Waals surface area contributed by atoms with Gasteiger partial charge in [-0.05, 0) is 41.0 Å². The van der Waals surface area contributed by atoms with Gasteiger partial charge < -0.3 is 9.30 Å². The van der Waals surface area contributed by atoms with Gasteiger partial charge in [-0.3, -0.25) is 0 Å². The average molecular weight is 405 g/mol. The summed E-state index contributed by atoms with van der Waals surface area (Å²) < 4.78 is 7.64. The highest BCUT2D eigenvalue weighted by Crippen LogP contribution is 2.35. The van der Waals surface area contributed by atoms with E-state index < -0.39 is 0 Å². The van der Waals surface area contributed by atoms with Gasteiger partial charge in [-0.15, -0.1) is 0 Å². The van der Waals surface area contributed by atoms with E-state index in [-0.39, 0.29) is 12.0 Å². The highest BCUT2D eigenvalue weighted by atomic mass is 16.5. The number of esters is 1. The number of benzene rings is 4. The molecule has 5 aromatic rings. The summed E-state index contributed by atoms with van der Waals surface area (Å²) in [6.45, 7) is 2.19. The molecule has 3 nitrogen and oxygen atoms in total. The minimum atomic E-state index is -0.288. The highest BCUT2D eigenvalue weighted by Gasteiger charge is 2.21. The molecule has 0 unspecified atom stereocenters. The van der Waals surface area contributed by atoms with Gasteiger partial charge in [0.1, 0.15) is 0 Å². The maximum Gasteiger partial charge on any atom is 0.338 e. The predicted molar refractivity (Wildman–Crippen MR) is 126 cm³/mol. The minimum Gasteiger partial charge on any atom is -0.462 e. The first kappa shape index (κ1) is 19.1. The van der Waals surface area contributed by atoms with Gasteiger partial charge in [0.15, 0.2) is 0 Å². The Kier molecular flexibility index (Phi) is 5.01. The molecular weight excluding hydrogens is 382 g/mol. The van der Waals surface area contributed by atoms with Crippen molar-refractivity contribution >= 4 is 27.6 Å². The van der Waals surface area contributed by atoms with Crippen LogP contribution in [0, 0.1) is 0 Å². The predicted octanol–water partition coefficient (Wildman–Crippen LogP) is 6.61. The van der Waals surface area contributed by atoms with E-state index in [1.807, 2.05) is 43.3 Å². The van der Waals surface area contributed by atoms with Crippen molar-refractivity contribution in [1.29, 1.82) is 0 Å². The molecule has 0 aliphatic carbocycles. The fourth-order valence-electron chi connectivity index (χ4n) is 4.39. The van der Waals surface area contributed by atoms with Gasteiger partial charge in [-0.1, -0.05) is 84.9 Å². The van der Waals surface area contributed by atoms with Crippen molar-refractivity contribution in [1.82, 2.24) is 4.57 Å². The van der Waals surface area contributed by atoms with Gasteiger partial charge >= 0.3 is 5.97 Å². The molecule has 0 radical (unpaired) electrons. The van der Waals surface area contributed by atoms with E-state index in [1.165, 1.54) is 11.1 Å². The molecule has 0 aliphatic rings. The number of carbonyl (C=O) groups excluding carboxylic acids is 1. The number of hydrogen-bond donors (Lipinski definition) is 0. The fraction of sp³-hybridized carbons (Fsp3) is 0.107. The van der Waals surface area contributed by atoms with E-state index in [0.717, 1.165) is 21.7 Å². The molecule has 1 aromatic heterocycles. The van der Waals surface area contributed by atoms with Gasteiger partial charge in [-0.25, -0.2) is 4.79 Å². The highest BCUT2D eigenvalue weighted by molar-refractivity contribution is 6.15. The van der Waals surface area contributed by atoms with Crippen LogP contribution in [0.1, 0.15) is 34.5 Å². The van der Waals surface area contributed by atoms with E-state index in [2.05, 4.69) is 71.4 Å². The lowest BCUT2D eigenvalue weighted by Gasteiger charge is -2.22. The molecule has 3 heteroatoms. The summed E-state index contributed by atoms with van der Waals surface area (Å²) in [6, 6.07) is 33.1. The lowest BCUT2D eigenvalue weighted by molar-refractivity contribution is 0.0529. The van der Waals surface area contributed by atoms with Gasteiger partial charge in [0, 0.05) is 11.6 Å². The summed E-state index contributed by atoms with van der Waals surface area (Å²) in [5, 5.41) is 3.10. The first-order valence-corrected chi connectivity index (χ1v) is 10.6.